The smallest absolute Gasteiger partial charge is 0.255 e. The van der Waals surface area contributed by atoms with E-state index in [-0.39, 0.29) is 5.95 Å². The second-order valence-electron chi connectivity index (χ2n) is 8.35. The maximum Gasteiger partial charge on any atom is 0.255 e. The number of hydrogen-bond donors (Lipinski definition) is 5. The quantitative estimate of drug-likeness (QED) is 0.261. The number of imidazole rings is 1. The van der Waals surface area contributed by atoms with Crippen molar-refractivity contribution in [3.05, 3.63) is 90.1 Å². The van der Waals surface area contributed by atoms with Crippen LogP contribution in [0, 0.1) is 0 Å². The number of aliphatic hydroxyl groups is 1. The van der Waals surface area contributed by atoms with Gasteiger partial charge in [-0.3, -0.25) is 9.59 Å². The number of amides is 2. The Morgan fingerprint density at radius 3 is 2.66 bits per heavy atom. The maximum atomic E-state index is 13.1. The van der Waals surface area contributed by atoms with Crippen LogP contribution in [0.25, 0.3) is 21.9 Å². The van der Waals surface area contributed by atoms with Crippen molar-refractivity contribution in [3.63, 3.8) is 0 Å². The van der Waals surface area contributed by atoms with E-state index in [1.54, 1.807) is 54.6 Å². The van der Waals surface area contributed by atoms with Crippen LogP contribution in [-0.2, 0) is 11.8 Å². The molecule has 0 saturated carbocycles. The second-order valence-corrected chi connectivity index (χ2v) is 8.35. The molecule has 2 aromatic heterocycles. The first-order valence-corrected chi connectivity index (χ1v) is 11.0. The van der Waals surface area contributed by atoms with Crippen molar-refractivity contribution in [2.45, 2.75) is 12.1 Å². The number of nitrogens with two attached hydrogens (primary N) is 1. The fourth-order valence-electron chi connectivity index (χ4n) is 4.13. The summed E-state index contributed by atoms with van der Waals surface area (Å²) in [6.45, 7) is 0. The standard InChI is InChI=1S/C26H24N6O3/c1-32-12-11-16-13-17(7-10-21(16)32)24(34)31-22(15-5-3-2-4-6-15)23(33)25(35)28-18-8-9-19-20(14-18)30-26(27)29-19/h2-14,22-23,33H,1H3,(H,28,35)(H,31,34)(H3,27,29,30). The number of fused-ring (bicyclic) bond motifs is 2. The molecule has 0 spiro atoms. The summed E-state index contributed by atoms with van der Waals surface area (Å²) >= 11 is 0. The van der Waals surface area contributed by atoms with E-state index in [9.17, 15) is 14.7 Å². The van der Waals surface area contributed by atoms with Gasteiger partial charge in [0.1, 0.15) is 0 Å². The molecule has 0 aliphatic carbocycles. The minimum atomic E-state index is -1.55. The number of aromatic nitrogens is 3. The Kier molecular flexibility index (Phi) is 5.68. The lowest BCUT2D eigenvalue weighted by molar-refractivity contribution is -0.125. The van der Waals surface area contributed by atoms with Gasteiger partial charge in [0.15, 0.2) is 12.1 Å². The number of anilines is 2. The monoisotopic (exact) mass is 468 g/mol. The zero-order chi connectivity index (χ0) is 24.5. The predicted octanol–water partition coefficient (Wildman–Crippen LogP) is 3.11. The van der Waals surface area contributed by atoms with E-state index < -0.39 is 24.0 Å². The number of nitrogens with one attached hydrogen (secondary N) is 3. The number of benzene rings is 3. The Labute approximate surface area is 200 Å². The lowest BCUT2D eigenvalue weighted by Gasteiger charge is -2.24. The third-order valence-electron chi connectivity index (χ3n) is 5.94. The number of aryl methyl sites for hydroxylation is 1. The molecule has 9 nitrogen and oxygen atoms in total. The molecule has 35 heavy (non-hydrogen) atoms. The number of carbonyl (C=O) groups excluding carboxylic acids is 2. The van der Waals surface area contributed by atoms with Crippen molar-refractivity contribution in [1.29, 1.82) is 0 Å². The molecule has 2 atom stereocenters. The van der Waals surface area contributed by atoms with Gasteiger partial charge in [0.2, 0.25) is 0 Å². The zero-order valence-electron chi connectivity index (χ0n) is 18.9. The van der Waals surface area contributed by atoms with Gasteiger partial charge in [0.25, 0.3) is 11.8 Å². The molecule has 2 amide bonds. The average Bonchev–Trinajstić information content (AvgIpc) is 3.43. The number of hydrogen-bond acceptors (Lipinski definition) is 5. The lowest BCUT2D eigenvalue weighted by Crippen LogP contribution is -2.42. The molecule has 6 N–H and O–H groups in total. The van der Waals surface area contributed by atoms with Crippen LogP contribution in [0.1, 0.15) is 22.0 Å². The largest absolute Gasteiger partial charge is 0.381 e. The highest BCUT2D eigenvalue weighted by Gasteiger charge is 2.29. The van der Waals surface area contributed by atoms with Crippen LogP contribution in [-0.4, -0.2) is 37.6 Å². The first-order chi connectivity index (χ1) is 16.9. The van der Waals surface area contributed by atoms with Gasteiger partial charge in [0, 0.05) is 35.4 Å². The van der Waals surface area contributed by atoms with E-state index in [1.165, 1.54) is 0 Å². The van der Waals surface area contributed by atoms with Crippen molar-refractivity contribution in [1.82, 2.24) is 19.9 Å². The summed E-state index contributed by atoms with van der Waals surface area (Å²) in [5.41, 5.74) is 9.48. The van der Waals surface area contributed by atoms with Crippen LogP contribution in [0.4, 0.5) is 11.6 Å². The molecule has 0 fully saturated rings. The first kappa shape index (κ1) is 22.2. The summed E-state index contributed by atoms with van der Waals surface area (Å²) in [7, 11) is 1.93. The Morgan fingerprint density at radius 2 is 1.86 bits per heavy atom. The van der Waals surface area contributed by atoms with Crippen LogP contribution in [0.3, 0.4) is 0 Å². The van der Waals surface area contributed by atoms with E-state index in [2.05, 4.69) is 20.6 Å². The molecule has 3 aromatic carbocycles. The second kappa shape index (κ2) is 8.96. The number of nitrogen functional groups attached to an aromatic ring is 1. The molecule has 2 unspecified atom stereocenters. The highest BCUT2D eigenvalue weighted by molar-refractivity contribution is 6.00. The highest BCUT2D eigenvalue weighted by Crippen LogP contribution is 2.23. The zero-order valence-corrected chi connectivity index (χ0v) is 18.9. The summed E-state index contributed by atoms with van der Waals surface area (Å²) in [5.74, 6) is -0.792. The van der Waals surface area contributed by atoms with Gasteiger partial charge < -0.3 is 31.0 Å². The third-order valence-corrected chi connectivity index (χ3v) is 5.94. The minimum absolute atomic E-state index is 0.268. The average molecular weight is 469 g/mol. The highest BCUT2D eigenvalue weighted by atomic mass is 16.3. The molecule has 0 saturated heterocycles. The SMILES string of the molecule is Cn1ccc2cc(C(=O)NC(c3ccccc3)C(O)C(=O)Nc3ccc4nc(N)[nH]c4c3)ccc21. The van der Waals surface area contributed by atoms with Crippen molar-refractivity contribution in [2.24, 2.45) is 7.05 Å². The summed E-state index contributed by atoms with van der Waals surface area (Å²) in [5, 5.41) is 17.5. The van der Waals surface area contributed by atoms with E-state index in [0.29, 0.717) is 27.8 Å². The van der Waals surface area contributed by atoms with Gasteiger partial charge in [-0.15, -0.1) is 0 Å². The van der Waals surface area contributed by atoms with Crippen LogP contribution < -0.4 is 16.4 Å². The van der Waals surface area contributed by atoms with E-state index in [0.717, 1.165) is 10.9 Å². The van der Waals surface area contributed by atoms with Crippen molar-refractivity contribution in [3.8, 4) is 0 Å². The number of rotatable bonds is 6. The molecule has 9 heteroatoms. The topological polar surface area (TPSA) is 138 Å². The Balaban J connectivity index is 1.39. The predicted molar refractivity (Wildman–Crippen MR) is 135 cm³/mol. The van der Waals surface area contributed by atoms with Crippen molar-refractivity contribution >= 4 is 45.4 Å². The van der Waals surface area contributed by atoms with Crippen LogP contribution in [0.5, 0.6) is 0 Å². The van der Waals surface area contributed by atoms with Crippen molar-refractivity contribution in [2.75, 3.05) is 11.1 Å². The first-order valence-electron chi connectivity index (χ1n) is 11.0. The van der Waals surface area contributed by atoms with Gasteiger partial charge in [-0.2, -0.15) is 0 Å². The molecule has 0 bridgehead atoms. The molecule has 5 aromatic rings. The van der Waals surface area contributed by atoms with E-state index in [4.69, 9.17) is 5.73 Å². The van der Waals surface area contributed by atoms with Gasteiger partial charge in [-0.1, -0.05) is 30.3 Å². The number of carbonyl (C=O) groups is 2. The van der Waals surface area contributed by atoms with Crippen LogP contribution in [0.2, 0.25) is 0 Å². The summed E-state index contributed by atoms with van der Waals surface area (Å²) in [6.07, 6.45) is 0.367. The fourth-order valence-corrected chi connectivity index (χ4v) is 4.13. The van der Waals surface area contributed by atoms with Crippen molar-refractivity contribution < 1.29 is 14.7 Å². The number of nitrogens with zero attached hydrogens (tertiary/aromatic N) is 2. The lowest BCUT2D eigenvalue weighted by atomic mass is 9.99. The summed E-state index contributed by atoms with van der Waals surface area (Å²) < 4.78 is 1.97. The van der Waals surface area contributed by atoms with Gasteiger partial charge in [-0.05, 0) is 48.0 Å². The van der Waals surface area contributed by atoms with Crippen LogP contribution in [0.15, 0.2) is 79.0 Å². The Morgan fingerprint density at radius 1 is 1.06 bits per heavy atom. The number of aromatic amines is 1. The molecule has 0 radical (unpaired) electrons. The van der Waals surface area contributed by atoms with E-state index >= 15 is 0 Å². The molecule has 0 aliphatic rings. The van der Waals surface area contributed by atoms with Gasteiger partial charge in [0.05, 0.1) is 17.1 Å². The minimum Gasteiger partial charge on any atom is -0.381 e. The molecule has 176 valence electrons. The normalized spacial score (nSPS) is 13.0. The Bertz CT molecular complexity index is 1540. The number of aliphatic hydroxyl groups excluding tert-OH is 1. The van der Waals surface area contributed by atoms with Gasteiger partial charge in [-0.25, -0.2) is 4.98 Å². The van der Waals surface area contributed by atoms with Gasteiger partial charge >= 0.3 is 0 Å². The fraction of sp³-hybridized carbons (Fsp3) is 0.115. The maximum absolute atomic E-state index is 13.1. The molecular formula is C26H24N6O3. The number of H-pyrrole nitrogens is 1. The summed E-state index contributed by atoms with van der Waals surface area (Å²) in [6, 6.07) is 20.3. The molecular weight excluding hydrogens is 444 g/mol. The Hall–Kier alpha value is -4.63. The summed E-state index contributed by atoms with van der Waals surface area (Å²) in [4.78, 5) is 33.2. The molecule has 0 aliphatic heterocycles. The van der Waals surface area contributed by atoms with Crippen LogP contribution >= 0.6 is 0 Å². The van der Waals surface area contributed by atoms with E-state index in [1.807, 2.05) is 36.0 Å². The molecule has 5 rings (SSSR count). The third kappa shape index (κ3) is 4.44. The molecule has 2 heterocycles.